The average Bonchev–Trinajstić information content (AvgIpc) is 3.24. The number of carbonyl (C=O) groups excluding carboxylic acids is 2. The Labute approximate surface area is 183 Å². The maximum atomic E-state index is 13.5. The van der Waals surface area contributed by atoms with Crippen LogP contribution >= 0.6 is 11.6 Å². The number of aryl methyl sites for hydroxylation is 1. The van der Waals surface area contributed by atoms with Crippen molar-refractivity contribution in [3.8, 4) is 5.75 Å². The Morgan fingerprint density at radius 3 is 2.55 bits per heavy atom. The van der Waals surface area contributed by atoms with E-state index in [1.165, 1.54) is 13.2 Å². The summed E-state index contributed by atoms with van der Waals surface area (Å²) >= 11 is 6.19. The van der Waals surface area contributed by atoms with Gasteiger partial charge in [0.15, 0.2) is 5.54 Å². The van der Waals surface area contributed by atoms with Gasteiger partial charge >= 0.3 is 5.97 Å². The van der Waals surface area contributed by atoms with Gasteiger partial charge in [-0.2, -0.15) is 0 Å². The van der Waals surface area contributed by atoms with Gasteiger partial charge in [0.2, 0.25) is 11.8 Å². The number of nitrogens with zero attached hydrogens (tertiary/aromatic N) is 1. The Hall–Kier alpha value is -2.94. The molecule has 162 valence electrons. The summed E-state index contributed by atoms with van der Waals surface area (Å²) in [6.45, 7) is 0.925. The van der Waals surface area contributed by atoms with Crippen molar-refractivity contribution in [3.63, 3.8) is 0 Å². The third kappa shape index (κ3) is 3.02. The third-order valence-electron chi connectivity index (χ3n) is 6.17. The van der Waals surface area contributed by atoms with Crippen LogP contribution in [0.2, 0.25) is 5.02 Å². The standard InChI is InChI=1S/C22H21ClN2O6/c1-11-7-8-12(9-14(11)23)25-19(27)16-17(20(25)28)22(10-26,21(29)30)24-18(16)13-5-3-4-6-15(13)31-2/h3-9,16-18,24,26H,10H2,1-2H3,(H,29,30). The summed E-state index contributed by atoms with van der Waals surface area (Å²) in [5.41, 5.74) is -0.461. The van der Waals surface area contributed by atoms with Crippen LogP contribution in [0.4, 0.5) is 5.69 Å². The first-order chi connectivity index (χ1) is 14.8. The van der Waals surface area contributed by atoms with Gasteiger partial charge in [-0.3, -0.25) is 19.7 Å². The number of fused-ring (bicyclic) bond motifs is 1. The highest BCUT2D eigenvalue weighted by molar-refractivity contribution is 6.32. The molecule has 2 aliphatic rings. The summed E-state index contributed by atoms with van der Waals surface area (Å²) in [5, 5.41) is 23.3. The lowest BCUT2D eigenvalue weighted by atomic mass is 9.79. The van der Waals surface area contributed by atoms with Crippen molar-refractivity contribution in [2.75, 3.05) is 18.6 Å². The second-order valence-electron chi connectivity index (χ2n) is 7.75. The minimum Gasteiger partial charge on any atom is -0.496 e. The molecule has 0 spiro atoms. The molecule has 2 aliphatic heterocycles. The lowest BCUT2D eigenvalue weighted by Gasteiger charge is -2.29. The number of hydrogen-bond donors (Lipinski definition) is 3. The van der Waals surface area contributed by atoms with Crippen LogP contribution in [0.3, 0.4) is 0 Å². The first-order valence-electron chi connectivity index (χ1n) is 9.65. The summed E-state index contributed by atoms with van der Waals surface area (Å²) in [5.74, 6) is -4.59. The molecule has 8 nitrogen and oxygen atoms in total. The number of aliphatic hydroxyl groups is 1. The van der Waals surface area contributed by atoms with E-state index in [2.05, 4.69) is 5.32 Å². The van der Waals surface area contributed by atoms with Crippen molar-refractivity contribution in [3.05, 3.63) is 58.6 Å². The molecule has 2 saturated heterocycles. The van der Waals surface area contributed by atoms with Gasteiger partial charge in [0.25, 0.3) is 0 Å². The van der Waals surface area contributed by atoms with Crippen molar-refractivity contribution >= 4 is 35.1 Å². The van der Waals surface area contributed by atoms with Crippen molar-refractivity contribution in [2.24, 2.45) is 11.8 Å². The number of rotatable bonds is 5. The number of carboxylic acid groups (broad SMARTS) is 1. The molecule has 2 aromatic carbocycles. The highest BCUT2D eigenvalue weighted by Crippen LogP contribution is 2.51. The number of carboxylic acids is 1. The number of hydrogen-bond acceptors (Lipinski definition) is 6. The fourth-order valence-corrected chi connectivity index (χ4v) is 4.75. The monoisotopic (exact) mass is 444 g/mol. The second kappa shape index (κ2) is 7.64. The van der Waals surface area contributed by atoms with Crippen LogP contribution in [0.1, 0.15) is 17.2 Å². The second-order valence-corrected chi connectivity index (χ2v) is 8.15. The highest BCUT2D eigenvalue weighted by Gasteiger charge is 2.69. The molecular formula is C22H21ClN2O6. The van der Waals surface area contributed by atoms with Crippen LogP contribution < -0.4 is 15.0 Å². The number of aliphatic carboxylic acids is 1. The smallest absolute Gasteiger partial charge is 0.327 e. The maximum absolute atomic E-state index is 13.5. The van der Waals surface area contributed by atoms with Gasteiger partial charge in [0.1, 0.15) is 5.75 Å². The number of benzene rings is 2. The summed E-state index contributed by atoms with van der Waals surface area (Å²) in [4.78, 5) is 40.2. The number of carbonyl (C=O) groups is 3. The first-order valence-corrected chi connectivity index (χ1v) is 10.0. The molecule has 3 N–H and O–H groups in total. The first kappa shape index (κ1) is 21.3. The Morgan fingerprint density at radius 2 is 1.94 bits per heavy atom. The van der Waals surface area contributed by atoms with Crippen molar-refractivity contribution in [1.82, 2.24) is 5.32 Å². The van der Waals surface area contributed by atoms with Gasteiger partial charge in [0.05, 0.1) is 31.2 Å². The minimum absolute atomic E-state index is 0.260. The minimum atomic E-state index is -2.02. The number of nitrogens with one attached hydrogen (secondary N) is 1. The van der Waals surface area contributed by atoms with Crippen molar-refractivity contribution in [2.45, 2.75) is 18.5 Å². The number of imide groups is 1. The lowest BCUT2D eigenvalue weighted by Crippen LogP contribution is -2.58. The quantitative estimate of drug-likeness (QED) is 0.603. The normalized spacial score (nSPS) is 27.5. The molecule has 2 amide bonds. The summed E-state index contributed by atoms with van der Waals surface area (Å²) < 4.78 is 5.39. The predicted molar refractivity (Wildman–Crippen MR) is 112 cm³/mol. The van der Waals surface area contributed by atoms with E-state index < -0.39 is 47.8 Å². The van der Waals surface area contributed by atoms with Crippen molar-refractivity contribution < 1.29 is 29.3 Å². The Morgan fingerprint density at radius 1 is 1.23 bits per heavy atom. The largest absolute Gasteiger partial charge is 0.496 e. The zero-order valence-corrected chi connectivity index (χ0v) is 17.6. The van der Waals surface area contributed by atoms with Crippen LogP contribution in [-0.4, -0.2) is 47.3 Å². The number of methoxy groups -OCH3 is 1. The number of amides is 2. The van der Waals surface area contributed by atoms with E-state index in [1.807, 2.05) is 0 Å². The molecule has 0 saturated carbocycles. The number of para-hydroxylation sites is 1. The van der Waals surface area contributed by atoms with E-state index in [0.717, 1.165) is 10.5 Å². The topological polar surface area (TPSA) is 116 Å². The molecule has 2 aromatic rings. The van der Waals surface area contributed by atoms with Gasteiger partial charge in [-0.1, -0.05) is 35.9 Å². The molecule has 9 heteroatoms. The number of anilines is 1. The van der Waals surface area contributed by atoms with Crippen LogP contribution in [0.15, 0.2) is 42.5 Å². The number of ether oxygens (including phenoxy) is 1. The summed E-state index contributed by atoms with van der Waals surface area (Å²) in [6, 6.07) is 10.8. The number of aliphatic hydroxyl groups excluding tert-OH is 1. The fourth-order valence-electron chi connectivity index (χ4n) is 4.58. The van der Waals surface area contributed by atoms with Crippen LogP contribution in [0.5, 0.6) is 5.75 Å². The highest BCUT2D eigenvalue weighted by atomic mass is 35.5. The predicted octanol–water partition coefficient (Wildman–Crippen LogP) is 1.92. The molecule has 4 rings (SSSR count). The summed E-state index contributed by atoms with van der Waals surface area (Å²) in [7, 11) is 1.46. The molecule has 31 heavy (non-hydrogen) atoms. The van der Waals surface area contributed by atoms with Crippen LogP contribution in [0.25, 0.3) is 0 Å². The van der Waals surface area contributed by atoms with Gasteiger partial charge in [-0.15, -0.1) is 0 Å². The number of halogens is 1. The lowest BCUT2D eigenvalue weighted by molar-refractivity contribution is -0.150. The fraction of sp³-hybridized carbons (Fsp3) is 0.318. The Bertz CT molecular complexity index is 1090. The molecule has 2 fully saturated rings. The third-order valence-corrected chi connectivity index (χ3v) is 6.58. The summed E-state index contributed by atoms with van der Waals surface area (Å²) in [6.07, 6.45) is 0. The molecule has 2 heterocycles. The van der Waals surface area contributed by atoms with E-state index in [0.29, 0.717) is 16.3 Å². The molecule has 4 atom stereocenters. The van der Waals surface area contributed by atoms with Gasteiger partial charge in [0, 0.05) is 16.6 Å². The molecule has 0 radical (unpaired) electrons. The zero-order chi connectivity index (χ0) is 22.5. The van der Waals surface area contributed by atoms with E-state index in [9.17, 15) is 24.6 Å². The molecule has 0 bridgehead atoms. The van der Waals surface area contributed by atoms with Gasteiger partial charge in [-0.25, -0.2) is 4.90 Å². The Kier molecular flexibility index (Phi) is 5.25. The van der Waals surface area contributed by atoms with Crippen LogP contribution in [0, 0.1) is 18.8 Å². The van der Waals surface area contributed by atoms with Crippen molar-refractivity contribution in [1.29, 1.82) is 0 Å². The SMILES string of the molecule is COc1ccccc1C1NC(CO)(C(=O)O)C2C(=O)N(c3ccc(C)c(Cl)c3)C(=O)C12. The van der Waals surface area contributed by atoms with E-state index in [1.54, 1.807) is 43.3 Å². The van der Waals surface area contributed by atoms with Crippen LogP contribution in [-0.2, 0) is 14.4 Å². The molecule has 4 unspecified atom stereocenters. The molecule has 0 aliphatic carbocycles. The van der Waals surface area contributed by atoms with E-state index in [4.69, 9.17) is 16.3 Å². The molecular weight excluding hydrogens is 424 g/mol. The zero-order valence-electron chi connectivity index (χ0n) is 16.8. The van der Waals surface area contributed by atoms with E-state index >= 15 is 0 Å². The van der Waals surface area contributed by atoms with Gasteiger partial charge in [-0.05, 0) is 30.7 Å². The van der Waals surface area contributed by atoms with E-state index in [-0.39, 0.29) is 5.69 Å². The van der Waals surface area contributed by atoms with Gasteiger partial charge < -0.3 is 14.9 Å². The Balaban J connectivity index is 1.88. The average molecular weight is 445 g/mol. The maximum Gasteiger partial charge on any atom is 0.327 e. The molecule has 0 aromatic heterocycles.